The average Bonchev–Trinajstić information content (AvgIpc) is 2.75. The smallest absolute Gasteiger partial charge is 0.253 e. The summed E-state index contributed by atoms with van der Waals surface area (Å²) in [6.07, 6.45) is 0. The van der Waals surface area contributed by atoms with Crippen LogP contribution in [0.4, 0.5) is 0 Å². The lowest BCUT2D eigenvalue weighted by Gasteiger charge is -2.19. The van der Waals surface area contributed by atoms with Gasteiger partial charge in [0, 0.05) is 38.8 Å². The second kappa shape index (κ2) is 13.3. The van der Waals surface area contributed by atoms with Crippen molar-refractivity contribution in [2.45, 2.75) is 40.2 Å². The molecule has 1 unspecified atom stereocenters. The summed E-state index contributed by atoms with van der Waals surface area (Å²) in [5, 5.41) is 6.73. The maximum absolute atomic E-state index is 12.4. The number of guanidine groups is 1. The standard InChI is InChI=1S/C24H34N4O.HI/c1-6-28(7-2)23(29)22-14-10-20(11-15-22)17-27-24(25-5)26-16-19(4)21-12-8-18(3)9-13-21;/h8-15,19H,6-7,16-17H2,1-5H3,(H2,25,26,27);1H. The fourth-order valence-electron chi connectivity index (χ4n) is 3.13. The van der Waals surface area contributed by atoms with Gasteiger partial charge in [-0.05, 0) is 49.9 Å². The third-order valence-corrected chi connectivity index (χ3v) is 5.16. The molecule has 0 saturated heterocycles. The number of benzene rings is 2. The van der Waals surface area contributed by atoms with Gasteiger partial charge in [0.1, 0.15) is 0 Å². The molecular weight excluding hydrogens is 487 g/mol. The Hall–Kier alpha value is -2.09. The molecule has 0 spiro atoms. The normalized spacial score (nSPS) is 12.0. The number of aliphatic imine (C=N–C) groups is 1. The van der Waals surface area contributed by atoms with E-state index in [-0.39, 0.29) is 29.9 Å². The predicted molar refractivity (Wildman–Crippen MR) is 137 cm³/mol. The Labute approximate surface area is 198 Å². The molecule has 164 valence electrons. The first-order valence-electron chi connectivity index (χ1n) is 10.4. The molecule has 5 nitrogen and oxygen atoms in total. The maximum Gasteiger partial charge on any atom is 0.253 e. The molecule has 2 aromatic carbocycles. The van der Waals surface area contributed by atoms with E-state index in [9.17, 15) is 4.79 Å². The summed E-state index contributed by atoms with van der Waals surface area (Å²) >= 11 is 0. The molecule has 1 atom stereocenters. The van der Waals surface area contributed by atoms with Crippen LogP contribution < -0.4 is 10.6 Å². The van der Waals surface area contributed by atoms with Gasteiger partial charge in [-0.3, -0.25) is 9.79 Å². The van der Waals surface area contributed by atoms with Gasteiger partial charge in [-0.25, -0.2) is 0 Å². The van der Waals surface area contributed by atoms with Crippen molar-refractivity contribution in [2.24, 2.45) is 4.99 Å². The highest BCUT2D eigenvalue weighted by atomic mass is 127. The molecule has 0 heterocycles. The number of hydrogen-bond donors (Lipinski definition) is 2. The minimum Gasteiger partial charge on any atom is -0.356 e. The van der Waals surface area contributed by atoms with E-state index in [0.29, 0.717) is 12.5 Å². The van der Waals surface area contributed by atoms with Crippen LogP contribution in [0.1, 0.15) is 53.7 Å². The first-order valence-corrected chi connectivity index (χ1v) is 10.4. The zero-order chi connectivity index (χ0) is 21.2. The van der Waals surface area contributed by atoms with Gasteiger partial charge < -0.3 is 15.5 Å². The third-order valence-electron chi connectivity index (χ3n) is 5.16. The molecule has 30 heavy (non-hydrogen) atoms. The van der Waals surface area contributed by atoms with Crippen molar-refractivity contribution in [3.63, 3.8) is 0 Å². The van der Waals surface area contributed by atoms with Crippen LogP contribution in [0.5, 0.6) is 0 Å². The van der Waals surface area contributed by atoms with E-state index in [1.54, 1.807) is 7.05 Å². The molecule has 6 heteroatoms. The minimum atomic E-state index is 0. The Kier molecular flexibility index (Phi) is 11.5. The number of aryl methyl sites for hydroxylation is 1. The van der Waals surface area contributed by atoms with Crippen molar-refractivity contribution in [3.8, 4) is 0 Å². The molecule has 0 aliphatic rings. The molecule has 0 aliphatic heterocycles. The fraction of sp³-hybridized carbons (Fsp3) is 0.417. The number of hydrogen-bond acceptors (Lipinski definition) is 2. The highest BCUT2D eigenvalue weighted by Gasteiger charge is 2.12. The fourth-order valence-corrected chi connectivity index (χ4v) is 3.13. The van der Waals surface area contributed by atoms with Crippen molar-refractivity contribution in [1.82, 2.24) is 15.5 Å². The summed E-state index contributed by atoms with van der Waals surface area (Å²) in [5.74, 6) is 1.24. The maximum atomic E-state index is 12.4. The van der Waals surface area contributed by atoms with Crippen molar-refractivity contribution < 1.29 is 4.79 Å². The molecule has 0 aromatic heterocycles. The van der Waals surface area contributed by atoms with Crippen molar-refractivity contribution in [1.29, 1.82) is 0 Å². The van der Waals surface area contributed by atoms with Crippen LogP contribution in [0, 0.1) is 6.92 Å². The molecule has 0 radical (unpaired) electrons. The molecule has 0 aliphatic carbocycles. The molecule has 0 fully saturated rings. The first-order chi connectivity index (χ1) is 14.0. The van der Waals surface area contributed by atoms with Crippen molar-refractivity contribution in [3.05, 3.63) is 70.8 Å². The molecule has 2 N–H and O–H groups in total. The minimum absolute atomic E-state index is 0. The van der Waals surface area contributed by atoms with Gasteiger partial charge in [-0.1, -0.05) is 48.9 Å². The average molecular weight is 522 g/mol. The summed E-state index contributed by atoms with van der Waals surface area (Å²) in [6.45, 7) is 11.2. The van der Waals surface area contributed by atoms with Crippen molar-refractivity contribution >= 4 is 35.8 Å². The molecular formula is C24H35IN4O. The number of amides is 1. The van der Waals surface area contributed by atoms with Crippen molar-refractivity contribution in [2.75, 3.05) is 26.7 Å². The number of nitrogens with one attached hydrogen (secondary N) is 2. The van der Waals surface area contributed by atoms with Gasteiger partial charge >= 0.3 is 0 Å². The van der Waals surface area contributed by atoms with Crippen LogP contribution in [0.3, 0.4) is 0 Å². The monoisotopic (exact) mass is 522 g/mol. The zero-order valence-corrected chi connectivity index (χ0v) is 21.1. The SMILES string of the molecule is CCN(CC)C(=O)c1ccc(CNC(=NC)NCC(C)c2ccc(C)cc2)cc1.I. The second-order valence-corrected chi connectivity index (χ2v) is 7.29. The Morgan fingerprint density at radius 3 is 2.13 bits per heavy atom. The predicted octanol–water partition coefficient (Wildman–Crippen LogP) is 4.56. The first kappa shape index (κ1) is 25.9. The Morgan fingerprint density at radius 2 is 1.60 bits per heavy atom. The van der Waals surface area contributed by atoms with Gasteiger partial charge in [-0.2, -0.15) is 0 Å². The van der Waals surface area contributed by atoms with E-state index in [2.05, 4.69) is 53.7 Å². The quantitative estimate of drug-likeness (QED) is 0.304. The Morgan fingerprint density at radius 1 is 1.00 bits per heavy atom. The highest BCUT2D eigenvalue weighted by molar-refractivity contribution is 14.0. The van der Waals surface area contributed by atoms with Crippen LogP contribution in [-0.2, 0) is 6.54 Å². The lowest BCUT2D eigenvalue weighted by atomic mass is 10.0. The highest BCUT2D eigenvalue weighted by Crippen LogP contribution is 2.14. The summed E-state index contributed by atoms with van der Waals surface area (Å²) < 4.78 is 0. The van der Waals surface area contributed by atoms with Crippen LogP contribution >= 0.6 is 24.0 Å². The molecule has 2 aromatic rings. The number of carbonyl (C=O) groups excluding carboxylic acids is 1. The van der Waals surface area contributed by atoms with Gasteiger partial charge in [0.15, 0.2) is 5.96 Å². The number of rotatable bonds is 8. The Bertz CT molecular complexity index is 799. The van der Waals surface area contributed by atoms with Gasteiger partial charge in [0.25, 0.3) is 5.91 Å². The number of halogens is 1. The lowest BCUT2D eigenvalue weighted by molar-refractivity contribution is 0.0773. The van der Waals surface area contributed by atoms with Crippen LogP contribution in [0.2, 0.25) is 0 Å². The van der Waals surface area contributed by atoms with Crippen LogP contribution in [0.15, 0.2) is 53.5 Å². The third kappa shape index (κ3) is 7.63. The summed E-state index contributed by atoms with van der Waals surface area (Å²) in [5.41, 5.74) is 4.42. The topological polar surface area (TPSA) is 56.7 Å². The van der Waals surface area contributed by atoms with E-state index < -0.39 is 0 Å². The summed E-state index contributed by atoms with van der Waals surface area (Å²) in [6, 6.07) is 16.4. The van der Waals surface area contributed by atoms with Crippen LogP contribution in [-0.4, -0.2) is 43.4 Å². The Balaban J connectivity index is 0.00000450. The van der Waals surface area contributed by atoms with E-state index in [0.717, 1.165) is 36.7 Å². The van der Waals surface area contributed by atoms with E-state index in [1.807, 2.05) is 43.0 Å². The summed E-state index contributed by atoms with van der Waals surface area (Å²) in [4.78, 5) is 18.5. The summed E-state index contributed by atoms with van der Waals surface area (Å²) in [7, 11) is 1.78. The van der Waals surface area contributed by atoms with E-state index in [1.165, 1.54) is 11.1 Å². The zero-order valence-electron chi connectivity index (χ0n) is 18.7. The molecule has 0 bridgehead atoms. The van der Waals surface area contributed by atoms with Gasteiger partial charge in [0.05, 0.1) is 0 Å². The van der Waals surface area contributed by atoms with E-state index in [4.69, 9.17) is 0 Å². The van der Waals surface area contributed by atoms with E-state index >= 15 is 0 Å². The van der Waals surface area contributed by atoms with Gasteiger partial charge in [0.2, 0.25) is 0 Å². The molecule has 2 rings (SSSR count). The number of nitrogens with zero attached hydrogens (tertiary/aromatic N) is 2. The lowest BCUT2D eigenvalue weighted by Crippen LogP contribution is -2.38. The second-order valence-electron chi connectivity index (χ2n) is 7.29. The molecule has 0 saturated carbocycles. The van der Waals surface area contributed by atoms with Crippen LogP contribution in [0.25, 0.3) is 0 Å². The number of carbonyl (C=O) groups is 1. The van der Waals surface area contributed by atoms with Gasteiger partial charge in [-0.15, -0.1) is 24.0 Å². The molecule has 1 amide bonds. The largest absolute Gasteiger partial charge is 0.356 e.